The Kier molecular flexibility index (Phi) is 7.03. The number of hydrogen-bond donors (Lipinski definition) is 3. The van der Waals surface area contributed by atoms with Gasteiger partial charge in [0.15, 0.2) is 5.13 Å². The second kappa shape index (κ2) is 10.1. The largest absolute Gasteiger partial charge is 0.377 e. The van der Waals surface area contributed by atoms with Gasteiger partial charge in [-0.1, -0.05) is 24.9 Å². The van der Waals surface area contributed by atoms with Gasteiger partial charge in [-0.05, 0) is 67.3 Å². The maximum Gasteiger partial charge on any atom is 0.377 e. The third-order valence-corrected chi connectivity index (χ3v) is 8.25. The van der Waals surface area contributed by atoms with Crippen LogP contribution in [-0.4, -0.2) is 59.4 Å². The number of aromatic nitrogens is 3. The summed E-state index contributed by atoms with van der Waals surface area (Å²) in [4.78, 5) is 10.2. The van der Waals surface area contributed by atoms with Crippen LogP contribution in [0, 0.1) is 5.82 Å². The van der Waals surface area contributed by atoms with Crippen LogP contribution in [0.3, 0.4) is 0 Å². The molecule has 190 valence electrons. The number of rotatable bonds is 7. The molecule has 0 bridgehead atoms. The van der Waals surface area contributed by atoms with Crippen molar-refractivity contribution in [3.8, 4) is 11.3 Å². The minimum absolute atomic E-state index is 0.164. The zero-order valence-electron chi connectivity index (χ0n) is 20.0. The smallest absolute Gasteiger partial charge is 0.325 e. The Morgan fingerprint density at radius 3 is 2.47 bits per heavy atom. The van der Waals surface area contributed by atoms with Gasteiger partial charge in [-0.15, -0.1) is 11.3 Å². The topological polar surface area (TPSA) is 97.4 Å². The van der Waals surface area contributed by atoms with E-state index in [0.29, 0.717) is 40.8 Å². The molecule has 3 N–H and O–H groups in total. The summed E-state index contributed by atoms with van der Waals surface area (Å²) in [7, 11) is 0. The quantitative estimate of drug-likeness (QED) is 0.240. The number of anilines is 2. The highest BCUT2D eigenvalue weighted by molar-refractivity contribution is 7.96. The van der Waals surface area contributed by atoms with E-state index >= 15 is 0 Å². The Labute approximate surface area is 216 Å². The van der Waals surface area contributed by atoms with E-state index in [1.165, 1.54) is 12.1 Å². The normalized spacial score (nSPS) is 15.6. The first-order chi connectivity index (χ1) is 17.3. The second-order valence-electron chi connectivity index (χ2n) is 8.77. The van der Waals surface area contributed by atoms with E-state index in [1.54, 1.807) is 33.9 Å². The highest BCUT2D eigenvalue weighted by atomic mass is 32.2. The van der Waals surface area contributed by atoms with Gasteiger partial charge in [-0.3, -0.25) is 8.71 Å². The molecule has 1 fully saturated rings. The monoisotopic (exact) mass is 529 g/mol. The van der Waals surface area contributed by atoms with Crippen molar-refractivity contribution in [2.45, 2.75) is 38.2 Å². The Bertz CT molecular complexity index is 1340. The van der Waals surface area contributed by atoms with Crippen LogP contribution >= 0.6 is 23.3 Å². The molecule has 11 heteroatoms. The number of halogens is 1. The molecule has 0 radical (unpaired) electrons. The fourth-order valence-corrected chi connectivity index (χ4v) is 6.11. The van der Waals surface area contributed by atoms with E-state index < -0.39 is 6.10 Å². The molecule has 1 saturated heterocycles. The number of piperidine rings is 1. The van der Waals surface area contributed by atoms with Crippen molar-refractivity contribution in [1.29, 1.82) is 0 Å². The number of hydrogen-bond acceptors (Lipinski definition) is 9. The second-order valence-corrected chi connectivity index (χ2v) is 10.5. The van der Waals surface area contributed by atoms with Gasteiger partial charge in [0.1, 0.15) is 17.3 Å². The number of nitrogens with zero attached hydrogens (tertiary/aromatic N) is 5. The summed E-state index contributed by atoms with van der Waals surface area (Å²) < 4.78 is 17.5. The summed E-state index contributed by atoms with van der Waals surface area (Å²) in [5.74, 6) is 0.353. The van der Waals surface area contributed by atoms with Crippen LogP contribution in [0.2, 0.25) is 0 Å². The lowest BCUT2D eigenvalue weighted by atomic mass is 9.91. The van der Waals surface area contributed by atoms with Crippen LogP contribution < -0.4 is 4.90 Å². The first-order valence-electron chi connectivity index (χ1n) is 11.8. The molecule has 4 aromatic rings. The average Bonchev–Trinajstić information content (AvgIpc) is 3.49. The van der Waals surface area contributed by atoms with Crippen LogP contribution in [0.5, 0.6) is 0 Å². The summed E-state index contributed by atoms with van der Waals surface area (Å²) in [5, 5.41) is 33.3. The summed E-state index contributed by atoms with van der Waals surface area (Å²) in [5.41, 5.74) is 3.56. The van der Waals surface area contributed by atoms with Crippen LogP contribution in [0.25, 0.3) is 16.9 Å². The van der Waals surface area contributed by atoms with Crippen molar-refractivity contribution >= 4 is 39.9 Å². The third-order valence-electron chi connectivity index (χ3n) is 6.54. The molecule has 0 unspecified atom stereocenters. The third kappa shape index (κ3) is 4.86. The first-order valence-corrected chi connectivity index (χ1v) is 13.8. The highest BCUT2D eigenvalue weighted by Crippen LogP contribution is 2.39. The lowest BCUT2D eigenvalue weighted by molar-refractivity contribution is -0.304. The number of imidazole rings is 1. The molecule has 1 aliphatic rings. The van der Waals surface area contributed by atoms with E-state index in [9.17, 15) is 19.7 Å². The lowest BCUT2D eigenvalue weighted by Gasteiger charge is -2.31. The Morgan fingerprint density at radius 1 is 1.11 bits per heavy atom. The zero-order valence-corrected chi connectivity index (χ0v) is 21.6. The summed E-state index contributed by atoms with van der Waals surface area (Å²) >= 11 is 2.90. The molecule has 0 atom stereocenters. The van der Waals surface area contributed by atoms with Crippen LogP contribution in [0.4, 0.5) is 15.3 Å². The van der Waals surface area contributed by atoms with Crippen molar-refractivity contribution in [1.82, 2.24) is 18.7 Å². The van der Waals surface area contributed by atoms with Crippen molar-refractivity contribution in [2.75, 3.05) is 24.2 Å². The van der Waals surface area contributed by atoms with Gasteiger partial charge in [0.25, 0.3) is 0 Å². The van der Waals surface area contributed by atoms with Crippen molar-refractivity contribution < 1.29 is 19.7 Å². The van der Waals surface area contributed by atoms with Crippen LogP contribution in [0.15, 0.2) is 48.0 Å². The number of aryl methyl sites for hydroxylation is 1. The SMILES string of the molecule is CCc1nc2ccc(C3CCN(SC)CC3)cn2c1N(c1nc(-c2ccc(F)cc2)cs1)C(O)(O)O. The predicted octanol–water partition coefficient (Wildman–Crippen LogP) is 4.34. The summed E-state index contributed by atoms with van der Waals surface area (Å²) in [6.07, 6.45) is 3.40. The molecule has 3 aromatic heterocycles. The highest BCUT2D eigenvalue weighted by Gasteiger charge is 2.37. The molecule has 1 aliphatic heterocycles. The minimum Gasteiger partial charge on any atom is -0.325 e. The zero-order chi connectivity index (χ0) is 25.4. The van der Waals surface area contributed by atoms with Crippen LogP contribution in [-0.2, 0) is 6.42 Å². The average molecular weight is 530 g/mol. The molecular weight excluding hydrogens is 501 g/mol. The standard InChI is InChI=1S/C25H28FN5O3S2/c1-3-20-23(30-14-18(6-9-22(30)27-20)16-10-12-29(35-2)13-11-16)31(25(32,33)34)24-28-21(15-36-24)17-4-7-19(26)8-5-17/h4-9,14-16,32-34H,3,10-13H2,1-2H3. The van der Waals surface area contributed by atoms with Gasteiger partial charge < -0.3 is 15.3 Å². The molecule has 0 saturated carbocycles. The van der Waals surface area contributed by atoms with Crippen molar-refractivity contribution in [3.05, 3.63) is 65.0 Å². The van der Waals surface area contributed by atoms with Gasteiger partial charge in [-0.2, -0.15) is 0 Å². The predicted molar refractivity (Wildman–Crippen MR) is 141 cm³/mol. The molecular formula is C25H28FN5O3S2. The Balaban J connectivity index is 1.58. The van der Waals surface area contributed by atoms with Crippen molar-refractivity contribution in [2.24, 2.45) is 0 Å². The van der Waals surface area contributed by atoms with Crippen molar-refractivity contribution in [3.63, 3.8) is 0 Å². The van der Waals surface area contributed by atoms with Crippen LogP contribution in [0.1, 0.15) is 36.9 Å². The molecule has 1 aromatic carbocycles. The lowest BCUT2D eigenvalue weighted by Crippen LogP contribution is -2.46. The number of aliphatic hydroxyl groups is 3. The van der Waals surface area contributed by atoms with Gasteiger partial charge in [0.2, 0.25) is 0 Å². The van der Waals surface area contributed by atoms with E-state index in [1.807, 2.05) is 19.2 Å². The van der Waals surface area contributed by atoms with E-state index in [2.05, 4.69) is 26.6 Å². The number of pyridine rings is 1. The molecule has 8 nitrogen and oxygen atoms in total. The van der Waals surface area contributed by atoms with Gasteiger partial charge in [-0.25, -0.2) is 19.3 Å². The number of benzene rings is 1. The fraction of sp³-hybridized carbons (Fsp3) is 0.360. The van der Waals surface area contributed by atoms with E-state index in [-0.39, 0.29) is 10.9 Å². The van der Waals surface area contributed by atoms with Gasteiger partial charge in [0.05, 0.1) is 11.4 Å². The van der Waals surface area contributed by atoms with E-state index in [0.717, 1.165) is 47.7 Å². The maximum atomic E-state index is 13.4. The summed E-state index contributed by atoms with van der Waals surface area (Å²) in [6, 6.07) is 9.88. The maximum absolute atomic E-state index is 13.4. The molecule has 0 spiro atoms. The molecule has 36 heavy (non-hydrogen) atoms. The van der Waals surface area contributed by atoms with E-state index in [4.69, 9.17) is 0 Å². The minimum atomic E-state index is -3.22. The molecule has 0 aliphatic carbocycles. The number of fused-ring (bicyclic) bond motifs is 1. The summed E-state index contributed by atoms with van der Waals surface area (Å²) in [6.45, 7) is 3.93. The fourth-order valence-electron chi connectivity index (χ4n) is 4.67. The first kappa shape index (κ1) is 25.1. The molecule has 4 heterocycles. The van der Waals surface area contributed by atoms with Gasteiger partial charge >= 0.3 is 6.10 Å². The Hall–Kier alpha value is -2.54. The number of thiazole rings is 1. The Morgan fingerprint density at radius 2 is 1.83 bits per heavy atom. The molecule has 5 rings (SSSR count). The van der Waals surface area contributed by atoms with Gasteiger partial charge in [0, 0.05) is 30.2 Å². The molecule has 0 amide bonds.